The minimum absolute atomic E-state index is 0.293. The number of aromatic nitrogens is 1. The van der Waals surface area contributed by atoms with Crippen molar-refractivity contribution in [1.29, 1.82) is 0 Å². The molecule has 0 spiro atoms. The summed E-state index contributed by atoms with van der Waals surface area (Å²) in [6.45, 7) is 1.33. The quantitative estimate of drug-likeness (QED) is 0.468. The lowest BCUT2D eigenvalue weighted by atomic mass is 10.1. The molecule has 1 heterocycles. The second kappa shape index (κ2) is 8.87. The van der Waals surface area contributed by atoms with Crippen LogP contribution in [0.5, 0.6) is 0 Å². The molecule has 0 aliphatic carbocycles. The molecule has 0 saturated carbocycles. The molecule has 1 amide bonds. The van der Waals surface area contributed by atoms with Crippen LogP contribution in [-0.2, 0) is 14.3 Å². The molecule has 3 aromatic rings. The fraction of sp³-hybridized carbons (Fsp3) is 0.0952. The highest BCUT2D eigenvalue weighted by Crippen LogP contribution is 2.32. The van der Waals surface area contributed by atoms with Crippen LogP contribution in [0.25, 0.3) is 17.0 Å². The van der Waals surface area contributed by atoms with E-state index in [4.69, 9.17) is 27.9 Å². The van der Waals surface area contributed by atoms with Gasteiger partial charge in [-0.25, -0.2) is 4.79 Å². The van der Waals surface area contributed by atoms with Gasteiger partial charge in [0.05, 0.1) is 21.2 Å². The molecule has 0 radical (unpaired) electrons. The average molecular weight is 415 g/mol. The number of fused-ring (bicyclic) bond motifs is 1. The zero-order valence-corrected chi connectivity index (χ0v) is 16.4. The number of ether oxygens (including phenoxy) is 1. The first kappa shape index (κ1) is 19.9. The number of carbonyl (C=O) groups is 2. The molecule has 28 heavy (non-hydrogen) atoms. The molecule has 0 fully saturated rings. The van der Waals surface area contributed by atoms with E-state index in [1.165, 1.54) is 6.08 Å². The van der Waals surface area contributed by atoms with E-state index >= 15 is 0 Å². The third-order valence-electron chi connectivity index (χ3n) is 3.96. The molecule has 1 N–H and O–H groups in total. The number of halogens is 2. The second-order valence-corrected chi connectivity index (χ2v) is 6.75. The fourth-order valence-electron chi connectivity index (χ4n) is 2.55. The van der Waals surface area contributed by atoms with Gasteiger partial charge in [0.15, 0.2) is 6.61 Å². The summed E-state index contributed by atoms with van der Waals surface area (Å²) in [4.78, 5) is 28.3. The molecule has 7 heteroatoms. The molecule has 1 aromatic heterocycles. The maximum Gasteiger partial charge on any atom is 0.331 e. The third kappa shape index (κ3) is 4.68. The van der Waals surface area contributed by atoms with Crippen molar-refractivity contribution >= 4 is 57.7 Å². The lowest BCUT2D eigenvalue weighted by Gasteiger charge is -2.11. The molecule has 142 valence electrons. The Bertz CT molecular complexity index is 1080. The molecular formula is C21H16Cl2N2O3. The number of aryl methyl sites for hydroxylation is 1. The van der Waals surface area contributed by atoms with Crippen LogP contribution in [-0.4, -0.2) is 23.5 Å². The maximum absolute atomic E-state index is 12.0. The Kier molecular flexibility index (Phi) is 6.29. The van der Waals surface area contributed by atoms with E-state index in [-0.39, 0.29) is 0 Å². The highest BCUT2D eigenvalue weighted by Gasteiger charge is 2.13. The van der Waals surface area contributed by atoms with Crippen molar-refractivity contribution in [3.05, 3.63) is 75.9 Å². The van der Waals surface area contributed by atoms with Crippen LogP contribution >= 0.6 is 23.2 Å². The summed E-state index contributed by atoms with van der Waals surface area (Å²) in [5, 5.41) is 4.17. The fourth-order valence-corrected chi connectivity index (χ4v) is 3.02. The van der Waals surface area contributed by atoms with Crippen molar-refractivity contribution in [3.63, 3.8) is 0 Å². The van der Waals surface area contributed by atoms with E-state index in [1.54, 1.807) is 31.3 Å². The zero-order valence-electron chi connectivity index (χ0n) is 14.9. The van der Waals surface area contributed by atoms with Crippen molar-refractivity contribution in [2.24, 2.45) is 0 Å². The van der Waals surface area contributed by atoms with Crippen molar-refractivity contribution in [1.82, 2.24) is 4.98 Å². The molecule has 3 rings (SSSR count). The second-order valence-electron chi connectivity index (χ2n) is 5.96. The predicted octanol–water partition coefficient (Wildman–Crippen LogP) is 5.05. The molecule has 0 aliphatic heterocycles. The Hall–Kier alpha value is -2.89. The molecular weight excluding hydrogens is 399 g/mol. The molecule has 0 bridgehead atoms. The van der Waals surface area contributed by atoms with Crippen LogP contribution in [0.15, 0.2) is 54.7 Å². The number of nitrogens with one attached hydrogen (secondary N) is 1. The van der Waals surface area contributed by atoms with Crippen LogP contribution in [0.3, 0.4) is 0 Å². The van der Waals surface area contributed by atoms with Crippen LogP contribution in [0.2, 0.25) is 10.0 Å². The number of nitrogens with zero attached hydrogens (tertiary/aromatic N) is 1. The van der Waals surface area contributed by atoms with E-state index in [9.17, 15) is 9.59 Å². The highest BCUT2D eigenvalue weighted by atomic mass is 35.5. The summed E-state index contributed by atoms with van der Waals surface area (Å²) < 4.78 is 4.98. The highest BCUT2D eigenvalue weighted by molar-refractivity contribution is 6.40. The van der Waals surface area contributed by atoms with Crippen molar-refractivity contribution in [3.8, 4) is 0 Å². The number of esters is 1. The number of pyridine rings is 1. The monoisotopic (exact) mass is 414 g/mol. The van der Waals surface area contributed by atoms with Gasteiger partial charge in [0.2, 0.25) is 0 Å². The smallest absolute Gasteiger partial charge is 0.331 e. The normalized spacial score (nSPS) is 11.0. The summed E-state index contributed by atoms with van der Waals surface area (Å²) in [6, 6.07) is 12.8. The number of hydrogen-bond donors (Lipinski definition) is 1. The number of para-hydroxylation sites is 1. The Balaban J connectivity index is 1.60. The number of carbonyl (C=O) groups excluding carboxylic acids is 2. The Morgan fingerprint density at radius 1 is 1.14 bits per heavy atom. The Morgan fingerprint density at radius 2 is 1.93 bits per heavy atom. The minimum Gasteiger partial charge on any atom is -0.452 e. The lowest BCUT2D eigenvalue weighted by molar-refractivity contribution is -0.142. The van der Waals surface area contributed by atoms with Gasteiger partial charge >= 0.3 is 5.97 Å². The van der Waals surface area contributed by atoms with Gasteiger partial charge in [-0.1, -0.05) is 53.5 Å². The first-order chi connectivity index (χ1) is 13.5. The van der Waals surface area contributed by atoms with Gasteiger partial charge in [0, 0.05) is 23.2 Å². The summed E-state index contributed by atoms with van der Waals surface area (Å²) in [5.41, 5.74) is 2.61. The standard InChI is InChI=1S/C21H16Cl2N2O3/c1-13-7-9-16(22)21(19(13)23)25-17(26)12-28-18(27)10-8-15-5-2-4-14-6-3-11-24-20(14)15/h2-11H,12H2,1H3,(H,25,26). The molecule has 2 aromatic carbocycles. The van der Waals surface area contributed by atoms with E-state index in [0.717, 1.165) is 22.0 Å². The SMILES string of the molecule is Cc1ccc(Cl)c(NC(=O)COC(=O)C=Cc2cccc3cccnc23)c1Cl. The number of amides is 1. The molecule has 0 aliphatic rings. The molecule has 0 atom stereocenters. The van der Waals surface area contributed by atoms with Crippen LogP contribution < -0.4 is 5.32 Å². The van der Waals surface area contributed by atoms with E-state index < -0.39 is 18.5 Å². The minimum atomic E-state index is -0.649. The Labute approximate surface area is 171 Å². The van der Waals surface area contributed by atoms with E-state index in [2.05, 4.69) is 10.3 Å². The summed E-state index contributed by atoms with van der Waals surface area (Å²) >= 11 is 12.2. The molecule has 0 saturated heterocycles. The first-order valence-electron chi connectivity index (χ1n) is 8.39. The maximum atomic E-state index is 12.0. The predicted molar refractivity (Wildman–Crippen MR) is 112 cm³/mol. The van der Waals surface area contributed by atoms with Gasteiger partial charge in [-0.2, -0.15) is 0 Å². The lowest BCUT2D eigenvalue weighted by Crippen LogP contribution is -2.20. The topological polar surface area (TPSA) is 68.3 Å². The third-order valence-corrected chi connectivity index (χ3v) is 4.76. The van der Waals surface area contributed by atoms with Gasteiger partial charge in [-0.15, -0.1) is 0 Å². The van der Waals surface area contributed by atoms with Crippen molar-refractivity contribution < 1.29 is 14.3 Å². The van der Waals surface area contributed by atoms with E-state index in [1.807, 2.05) is 30.3 Å². The number of hydrogen-bond acceptors (Lipinski definition) is 4. The van der Waals surface area contributed by atoms with E-state index in [0.29, 0.717) is 15.7 Å². The molecule has 0 unspecified atom stereocenters. The van der Waals surface area contributed by atoms with Crippen LogP contribution in [0, 0.1) is 6.92 Å². The van der Waals surface area contributed by atoms with Gasteiger partial charge in [0.1, 0.15) is 0 Å². The average Bonchev–Trinajstić information content (AvgIpc) is 2.71. The number of benzene rings is 2. The number of rotatable bonds is 5. The van der Waals surface area contributed by atoms with Crippen LogP contribution in [0.4, 0.5) is 5.69 Å². The van der Waals surface area contributed by atoms with Gasteiger partial charge in [-0.3, -0.25) is 9.78 Å². The molecule has 5 nitrogen and oxygen atoms in total. The van der Waals surface area contributed by atoms with Gasteiger partial charge in [0.25, 0.3) is 5.91 Å². The van der Waals surface area contributed by atoms with Crippen molar-refractivity contribution in [2.45, 2.75) is 6.92 Å². The summed E-state index contributed by atoms with van der Waals surface area (Å²) in [6.07, 6.45) is 4.54. The Morgan fingerprint density at radius 3 is 2.75 bits per heavy atom. The van der Waals surface area contributed by atoms with Gasteiger partial charge in [-0.05, 0) is 30.7 Å². The largest absolute Gasteiger partial charge is 0.452 e. The number of anilines is 1. The first-order valence-corrected chi connectivity index (χ1v) is 9.14. The van der Waals surface area contributed by atoms with Crippen LogP contribution in [0.1, 0.15) is 11.1 Å². The van der Waals surface area contributed by atoms with Gasteiger partial charge < -0.3 is 10.1 Å². The summed E-state index contributed by atoms with van der Waals surface area (Å²) in [5.74, 6) is -1.19. The summed E-state index contributed by atoms with van der Waals surface area (Å²) in [7, 11) is 0. The zero-order chi connectivity index (χ0) is 20.1. The van der Waals surface area contributed by atoms with Crippen molar-refractivity contribution in [2.75, 3.05) is 11.9 Å².